The highest BCUT2D eigenvalue weighted by Gasteiger charge is 2.09. The third-order valence-electron chi connectivity index (χ3n) is 2.03. The molecule has 0 amide bonds. The Kier molecular flexibility index (Phi) is 5.56. The fourth-order valence-electron chi connectivity index (χ4n) is 1.05. The van der Waals surface area contributed by atoms with E-state index < -0.39 is 9.84 Å². The minimum Gasteiger partial charge on any atom is -0.393 e. The fourth-order valence-corrected chi connectivity index (χ4v) is 1.78. The first-order valence-corrected chi connectivity index (χ1v) is 6.75. The van der Waals surface area contributed by atoms with Crippen LogP contribution in [0, 0.1) is 5.92 Å². The van der Waals surface area contributed by atoms with Crippen LogP contribution >= 0.6 is 0 Å². The van der Waals surface area contributed by atoms with Gasteiger partial charge in [0.25, 0.3) is 0 Å². The average molecular weight is 208 g/mol. The third-order valence-corrected chi connectivity index (χ3v) is 3.06. The molecule has 0 aliphatic carbocycles. The molecule has 1 atom stereocenters. The molecule has 0 saturated heterocycles. The van der Waals surface area contributed by atoms with Crippen molar-refractivity contribution in [1.82, 2.24) is 0 Å². The summed E-state index contributed by atoms with van der Waals surface area (Å²) in [4.78, 5) is 0. The molecule has 13 heavy (non-hydrogen) atoms. The van der Waals surface area contributed by atoms with Crippen LogP contribution in [0.25, 0.3) is 0 Å². The normalized spacial score (nSPS) is 14.8. The molecular weight excluding hydrogens is 188 g/mol. The third kappa shape index (κ3) is 8.25. The van der Waals surface area contributed by atoms with Gasteiger partial charge in [-0.3, -0.25) is 0 Å². The lowest BCUT2D eigenvalue weighted by Gasteiger charge is -2.13. The Morgan fingerprint density at radius 2 is 1.77 bits per heavy atom. The molecule has 0 saturated carbocycles. The second-order valence-corrected chi connectivity index (χ2v) is 6.20. The molecule has 1 N–H and O–H groups in total. The first-order chi connectivity index (χ1) is 5.83. The molecular formula is C9H20O3S. The van der Waals surface area contributed by atoms with Gasteiger partial charge in [0.15, 0.2) is 0 Å². The molecule has 0 heterocycles. The highest BCUT2D eigenvalue weighted by Crippen LogP contribution is 2.09. The lowest BCUT2D eigenvalue weighted by Crippen LogP contribution is -2.14. The van der Waals surface area contributed by atoms with Gasteiger partial charge in [-0.1, -0.05) is 13.8 Å². The summed E-state index contributed by atoms with van der Waals surface area (Å²) in [6.45, 7) is 3.92. The summed E-state index contributed by atoms with van der Waals surface area (Å²) in [7, 11) is -2.82. The van der Waals surface area contributed by atoms with Crippen molar-refractivity contribution < 1.29 is 13.5 Å². The van der Waals surface area contributed by atoms with Crippen LogP contribution in [-0.2, 0) is 9.84 Å². The minimum absolute atomic E-state index is 0.234. The zero-order valence-electron chi connectivity index (χ0n) is 8.66. The lowest BCUT2D eigenvalue weighted by atomic mass is 10.0. The maximum atomic E-state index is 10.7. The van der Waals surface area contributed by atoms with Gasteiger partial charge in [-0.2, -0.15) is 0 Å². The molecule has 0 aliphatic rings. The van der Waals surface area contributed by atoms with Crippen LogP contribution in [0.15, 0.2) is 0 Å². The summed E-state index contributed by atoms with van der Waals surface area (Å²) in [6, 6.07) is 0. The van der Waals surface area contributed by atoms with E-state index in [1.54, 1.807) is 0 Å². The number of aliphatic hydroxyl groups is 1. The van der Waals surface area contributed by atoms with Gasteiger partial charge in [-0.25, -0.2) is 8.42 Å². The maximum Gasteiger partial charge on any atom is 0.147 e. The van der Waals surface area contributed by atoms with Gasteiger partial charge in [0.05, 0.1) is 6.10 Å². The van der Waals surface area contributed by atoms with Crippen LogP contribution < -0.4 is 0 Å². The van der Waals surface area contributed by atoms with Crippen LogP contribution in [0.1, 0.15) is 33.1 Å². The molecule has 0 fully saturated rings. The van der Waals surface area contributed by atoms with Gasteiger partial charge >= 0.3 is 0 Å². The molecule has 0 aromatic heterocycles. The van der Waals surface area contributed by atoms with E-state index in [1.807, 2.05) is 13.8 Å². The molecule has 0 aromatic rings. The highest BCUT2D eigenvalue weighted by molar-refractivity contribution is 7.90. The van der Waals surface area contributed by atoms with Crippen LogP contribution in [0.5, 0.6) is 0 Å². The van der Waals surface area contributed by atoms with Crippen molar-refractivity contribution in [3.8, 4) is 0 Å². The fraction of sp³-hybridized carbons (Fsp3) is 1.00. The van der Waals surface area contributed by atoms with Gasteiger partial charge < -0.3 is 5.11 Å². The lowest BCUT2D eigenvalue weighted by molar-refractivity contribution is 0.114. The Bertz CT molecular complexity index is 219. The Balaban J connectivity index is 3.47. The summed E-state index contributed by atoms with van der Waals surface area (Å²) in [5, 5.41) is 9.41. The van der Waals surface area contributed by atoms with Crippen molar-refractivity contribution in [1.29, 1.82) is 0 Å². The summed E-state index contributed by atoms with van der Waals surface area (Å²) in [6.07, 6.45) is 3.09. The SMILES string of the molecule is CC(C)C(O)CCCCS(C)(=O)=O. The van der Waals surface area contributed by atoms with Gasteiger partial charge in [-0.15, -0.1) is 0 Å². The van der Waals surface area contributed by atoms with E-state index in [0.717, 1.165) is 6.42 Å². The molecule has 0 aliphatic heterocycles. The number of aliphatic hydroxyl groups excluding tert-OH is 1. The Morgan fingerprint density at radius 1 is 1.23 bits per heavy atom. The van der Waals surface area contributed by atoms with Gasteiger partial charge in [0.1, 0.15) is 9.84 Å². The van der Waals surface area contributed by atoms with Crippen LogP contribution in [0.2, 0.25) is 0 Å². The van der Waals surface area contributed by atoms with Gasteiger partial charge in [-0.05, 0) is 25.2 Å². The quantitative estimate of drug-likeness (QED) is 0.668. The second kappa shape index (κ2) is 5.60. The van der Waals surface area contributed by atoms with E-state index in [0.29, 0.717) is 12.8 Å². The van der Waals surface area contributed by atoms with Crippen molar-refractivity contribution >= 4 is 9.84 Å². The molecule has 0 radical (unpaired) electrons. The Hall–Kier alpha value is -0.0900. The minimum atomic E-state index is -2.82. The molecule has 4 heteroatoms. The van der Waals surface area contributed by atoms with E-state index in [9.17, 15) is 13.5 Å². The number of sulfone groups is 1. The van der Waals surface area contributed by atoms with Crippen LogP contribution in [0.3, 0.4) is 0 Å². The monoisotopic (exact) mass is 208 g/mol. The van der Waals surface area contributed by atoms with Crippen molar-refractivity contribution in [3.63, 3.8) is 0 Å². The van der Waals surface area contributed by atoms with Crippen molar-refractivity contribution in [2.45, 2.75) is 39.2 Å². The number of hydrogen-bond donors (Lipinski definition) is 1. The zero-order valence-corrected chi connectivity index (χ0v) is 9.47. The number of unbranched alkanes of at least 4 members (excludes halogenated alkanes) is 1. The van der Waals surface area contributed by atoms with Gasteiger partial charge in [0, 0.05) is 12.0 Å². The van der Waals surface area contributed by atoms with Gasteiger partial charge in [0.2, 0.25) is 0 Å². The van der Waals surface area contributed by atoms with E-state index >= 15 is 0 Å². The number of rotatable bonds is 6. The summed E-state index contributed by atoms with van der Waals surface area (Å²) < 4.78 is 21.5. The standard InChI is InChI=1S/C9H20O3S/c1-8(2)9(10)6-4-5-7-13(3,11)12/h8-10H,4-7H2,1-3H3. The number of hydrogen-bond acceptors (Lipinski definition) is 3. The molecule has 80 valence electrons. The molecule has 0 rings (SSSR count). The molecule has 0 aromatic carbocycles. The van der Waals surface area contributed by atoms with Crippen molar-refractivity contribution in [3.05, 3.63) is 0 Å². The Labute approximate surface area is 81.1 Å². The van der Waals surface area contributed by atoms with Crippen LogP contribution in [-0.4, -0.2) is 31.6 Å². The van der Waals surface area contributed by atoms with Crippen molar-refractivity contribution in [2.75, 3.05) is 12.0 Å². The first kappa shape index (κ1) is 12.9. The predicted molar refractivity (Wildman–Crippen MR) is 54.4 cm³/mol. The topological polar surface area (TPSA) is 54.4 Å². The Morgan fingerprint density at radius 3 is 2.15 bits per heavy atom. The smallest absolute Gasteiger partial charge is 0.147 e. The molecule has 0 bridgehead atoms. The van der Waals surface area contributed by atoms with E-state index in [4.69, 9.17) is 0 Å². The van der Waals surface area contributed by atoms with E-state index in [1.165, 1.54) is 6.26 Å². The second-order valence-electron chi connectivity index (χ2n) is 3.94. The summed E-state index contributed by atoms with van der Waals surface area (Å²) in [5.74, 6) is 0.496. The molecule has 3 nitrogen and oxygen atoms in total. The average Bonchev–Trinajstić information content (AvgIpc) is 1.95. The molecule has 1 unspecified atom stereocenters. The highest BCUT2D eigenvalue weighted by atomic mass is 32.2. The maximum absolute atomic E-state index is 10.7. The van der Waals surface area contributed by atoms with E-state index in [2.05, 4.69) is 0 Å². The van der Waals surface area contributed by atoms with Crippen molar-refractivity contribution in [2.24, 2.45) is 5.92 Å². The van der Waals surface area contributed by atoms with E-state index in [-0.39, 0.29) is 17.8 Å². The summed E-state index contributed by atoms with van der Waals surface area (Å²) >= 11 is 0. The predicted octanol–water partition coefficient (Wildman–Crippen LogP) is 1.22. The van der Waals surface area contributed by atoms with Crippen LogP contribution in [0.4, 0.5) is 0 Å². The largest absolute Gasteiger partial charge is 0.393 e. The first-order valence-electron chi connectivity index (χ1n) is 4.68. The zero-order chi connectivity index (χ0) is 10.5. The molecule has 0 spiro atoms. The summed E-state index contributed by atoms with van der Waals surface area (Å²) in [5.41, 5.74) is 0.